The van der Waals surface area contributed by atoms with Gasteiger partial charge in [0.1, 0.15) is 12.6 Å². The minimum absolute atomic E-state index is 0.0306. The van der Waals surface area contributed by atoms with Gasteiger partial charge >= 0.3 is 0 Å². The third-order valence-electron chi connectivity index (χ3n) is 6.09. The first kappa shape index (κ1) is 29.8. The molecule has 7 nitrogen and oxygen atoms in total. The maximum absolute atomic E-state index is 14.0. The first-order valence-electron chi connectivity index (χ1n) is 11.8. The molecule has 11 heteroatoms. The largest absolute Gasteiger partial charge is 0.357 e. The molecule has 0 saturated heterocycles. The molecule has 0 saturated carbocycles. The van der Waals surface area contributed by atoms with E-state index in [-0.39, 0.29) is 17.9 Å². The molecule has 0 radical (unpaired) electrons. The summed E-state index contributed by atoms with van der Waals surface area (Å²) < 4.78 is 28.7. The Morgan fingerprint density at radius 3 is 2.08 bits per heavy atom. The van der Waals surface area contributed by atoms with E-state index in [1.807, 2.05) is 0 Å². The molecule has 38 heavy (non-hydrogen) atoms. The second-order valence-corrected chi connectivity index (χ2v) is 11.6. The average molecular weight is 597 g/mol. The number of nitrogens with one attached hydrogen (secondary N) is 1. The molecule has 0 aliphatic carbocycles. The number of hydrogen-bond donors (Lipinski definition) is 1. The fourth-order valence-electron chi connectivity index (χ4n) is 4.03. The van der Waals surface area contributed by atoms with Crippen LogP contribution in [0.2, 0.25) is 15.1 Å². The van der Waals surface area contributed by atoms with E-state index in [4.69, 9.17) is 34.8 Å². The normalized spacial score (nSPS) is 12.1. The van der Waals surface area contributed by atoms with Crippen molar-refractivity contribution >= 4 is 62.3 Å². The monoisotopic (exact) mass is 595 g/mol. The van der Waals surface area contributed by atoms with Crippen LogP contribution in [0.3, 0.4) is 0 Å². The van der Waals surface area contributed by atoms with Crippen molar-refractivity contribution in [2.24, 2.45) is 0 Å². The summed E-state index contributed by atoms with van der Waals surface area (Å²) in [5.74, 6) is -0.996. The minimum atomic E-state index is -4.19. The quantitative estimate of drug-likeness (QED) is 0.325. The highest BCUT2D eigenvalue weighted by Gasteiger charge is 2.34. The van der Waals surface area contributed by atoms with Gasteiger partial charge < -0.3 is 10.2 Å². The van der Waals surface area contributed by atoms with E-state index in [2.05, 4.69) is 5.32 Å². The van der Waals surface area contributed by atoms with Crippen LogP contribution in [0, 0.1) is 6.92 Å². The van der Waals surface area contributed by atoms with Crippen LogP contribution in [0.15, 0.2) is 71.6 Å². The zero-order chi connectivity index (χ0) is 28.0. The van der Waals surface area contributed by atoms with Gasteiger partial charge in [-0.3, -0.25) is 13.9 Å². The number of hydrogen-bond acceptors (Lipinski definition) is 4. The third kappa shape index (κ3) is 6.61. The van der Waals surface area contributed by atoms with Crippen molar-refractivity contribution < 1.29 is 18.0 Å². The number of nitrogens with zero attached hydrogens (tertiary/aromatic N) is 2. The molecular weight excluding hydrogens is 569 g/mol. The number of para-hydroxylation sites is 1. The zero-order valence-electron chi connectivity index (χ0n) is 21.1. The van der Waals surface area contributed by atoms with Gasteiger partial charge in [-0.05, 0) is 61.4 Å². The molecule has 2 amide bonds. The van der Waals surface area contributed by atoms with Crippen molar-refractivity contribution in [3.05, 3.63) is 92.9 Å². The summed E-state index contributed by atoms with van der Waals surface area (Å²) >= 11 is 18.8. The molecule has 0 bridgehead atoms. The molecule has 0 aromatic heterocycles. The number of aryl methyl sites for hydroxylation is 1. The molecule has 1 unspecified atom stereocenters. The highest BCUT2D eigenvalue weighted by atomic mass is 35.5. The molecule has 202 valence electrons. The first-order valence-corrected chi connectivity index (χ1v) is 14.4. The van der Waals surface area contributed by atoms with Crippen LogP contribution in [0.4, 0.5) is 5.69 Å². The van der Waals surface area contributed by atoms with Crippen LogP contribution in [0.25, 0.3) is 0 Å². The van der Waals surface area contributed by atoms with Gasteiger partial charge in [0.15, 0.2) is 0 Å². The van der Waals surface area contributed by atoms with Gasteiger partial charge in [-0.1, -0.05) is 66.0 Å². The Kier molecular flexibility index (Phi) is 10.1. The summed E-state index contributed by atoms with van der Waals surface area (Å²) in [6.45, 7) is 2.86. The summed E-state index contributed by atoms with van der Waals surface area (Å²) in [4.78, 5) is 28.0. The Hall–Kier alpha value is -2.78. The van der Waals surface area contributed by atoms with E-state index in [0.29, 0.717) is 31.9 Å². The number of amides is 2. The Morgan fingerprint density at radius 1 is 0.921 bits per heavy atom. The van der Waals surface area contributed by atoms with Crippen LogP contribution < -0.4 is 9.62 Å². The lowest BCUT2D eigenvalue weighted by molar-refractivity contribution is -0.140. The SMILES string of the molecule is CCC(C(=O)NC)N(Cc1c(Cl)cccc1Cl)C(=O)CN(c1ccccc1C)S(=O)(=O)c1ccc(Cl)cc1. The standard InChI is InChI=1S/C27H28Cl3N3O4S/c1-4-24(27(35)31-3)32(16-21-22(29)9-7-10-23(21)30)26(34)17-33(25-11-6-5-8-18(25)2)38(36,37)20-14-12-19(28)13-15-20/h5-15,24H,4,16-17H2,1-3H3,(H,31,35). The molecule has 3 aromatic carbocycles. The summed E-state index contributed by atoms with van der Waals surface area (Å²) in [6.07, 6.45) is 0.280. The van der Waals surface area contributed by atoms with E-state index >= 15 is 0 Å². The van der Waals surface area contributed by atoms with E-state index in [1.54, 1.807) is 56.3 Å². The van der Waals surface area contributed by atoms with Crippen LogP contribution >= 0.6 is 34.8 Å². The van der Waals surface area contributed by atoms with Crippen molar-refractivity contribution in [1.82, 2.24) is 10.2 Å². The van der Waals surface area contributed by atoms with Gasteiger partial charge in [0.25, 0.3) is 10.0 Å². The van der Waals surface area contributed by atoms with Crippen molar-refractivity contribution in [2.45, 2.75) is 37.8 Å². The summed E-state index contributed by atoms with van der Waals surface area (Å²) in [5.41, 5.74) is 1.44. The zero-order valence-corrected chi connectivity index (χ0v) is 24.2. The van der Waals surface area contributed by atoms with Crippen molar-refractivity contribution in [1.29, 1.82) is 0 Å². The number of sulfonamides is 1. The topological polar surface area (TPSA) is 86.8 Å². The van der Waals surface area contributed by atoms with Crippen LogP contribution in [0.5, 0.6) is 0 Å². The number of anilines is 1. The van der Waals surface area contributed by atoms with Gasteiger partial charge in [-0.25, -0.2) is 8.42 Å². The number of halogens is 3. The second-order valence-electron chi connectivity index (χ2n) is 8.51. The van der Waals surface area contributed by atoms with Crippen molar-refractivity contribution in [2.75, 3.05) is 17.9 Å². The smallest absolute Gasteiger partial charge is 0.264 e. The molecule has 0 spiro atoms. The highest BCUT2D eigenvalue weighted by molar-refractivity contribution is 7.92. The lowest BCUT2D eigenvalue weighted by Crippen LogP contribution is -2.52. The van der Waals surface area contributed by atoms with Crippen molar-refractivity contribution in [3.63, 3.8) is 0 Å². The lowest BCUT2D eigenvalue weighted by Gasteiger charge is -2.33. The third-order valence-corrected chi connectivity index (χ3v) is 8.82. The Labute approximate surface area is 238 Å². The van der Waals surface area contributed by atoms with Crippen LogP contribution in [-0.2, 0) is 26.2 Å². The summed E-state index contributed by atoms with van der Waals surface area (Å²) in [5, 5.41) is 3.61. The van der Waals surface area contributed by atoms with E-state index in [0.717, 1.165) is 4.31 Å². The van der Waals surface area contributed by atoms with Gasteiger partial charge in [0.05, 0.1) is 10.6 Å². The maximum Gasteiger partial charge on any atom is 0.264 e. The predicted molar refractivity (Wildman–Crippen MR) is 152 cm³/mol. The minimum Gasteiger partial charge on any atom is -0.357 e. The fourth-order valence-corrected chi connectivity index (χ4v) is 6.15. The van der Waals surface area contributed by atoms with E-state index in [1.165, 1.54) is 36.2 Å². The second kappa shape index (κ2) is 12.8. The fraction of sp³-hybridized carbons (Fsp3) is 0.259. The number of carbonyl (C=O) groups is 2. The van der Waals surface area contributed by atoms with Gasteiger partial charge in [0, 0.05) is 34.2 Å². The van der Waals surface area contributed by atoms with Crippen molar-refractivity contribution in [3.8, 4) is 0 Å². The average Bonchev–Trinajstić information content (AvgIpc) is 2.89. The highest BCUT2D eigenvalue weighted by Crippen LogP contribution is 2.30. The first-order chi connectivity index (χ1) is 18.0. The van der Waals surface area contributed by atoms with Gasteiger partial charge in [-0.2, -0.15) is 0 Å². The number of likely N-dealkylation sites (N-methyl/N-ethyl adjacent to an activating group) is 1. The molecule has 1 N–H and O–H groups in total. The van der Waals surface area contributed by atoms with Crippen LogP contribution in [0.1, 0.15) is 24.5 Å². The number of benzene rings is 3. The Morgan fingerprint density at radius 2 is 1.53 bits per heavy atom. The molecule has 3 aromatic rings. The van der Waals surface area contributed by atoms with E-state index < -0.39 is 34.4 Å². The molecule has 3 rings (SSSR count). The van der Waals surface area contributed by atoms with Gasteiger partial charge in [-0.15, -0.1) is 0 Å². The molecule has 1 atom stereocenters. The Balaban J connectivity index is 2.11. The van der Waals surface area contributed by atoms with Crippen LogP contribution in [-0.4, -0.2) is 44.8 Å². The number of rotatable bonds is 10. The molecule has 0 fully saturated rings. The maximum atomic E-state index is 14.0. The summed E-state index contributed by atoms with van der Waals surface area (Å²) in [7, 11) is -2.72. The van der Waals surface area contributed by atoms with E-state index in [9.17, 15) is 18.0 Å². The number of carbonyl (C=O) groups excluding carboxylic acids is 2. The molecular formula is C27H28Cl3N3O4S. The lowest BCUT2D eigenvalue weighted by atomic mass is 10.1. The predicted octanol–water partition coefficient (Wildman–Crippen LogP) is 5.70. The molecule has 0 aliphatic rings. The molecule has 0 aliphatic heterocycles. The Bertz CT molecular complexity index is 1400. The molecule has 0 heterocycles. The summed E-state index contributed by atoms with van der Waals surface area (Å²) in [6, 6.07) is 16.6. The van der Waals surface area contributed by atoms with Gasteiger partial charge in [0.2, 0.25) is 11.8 Å².